The summed E-state index contributed by atoms with van der Waals surface area (Å²) >= 11 is 0. The molecule has 2 aromatic heterocycles. The van der Waals surface area contributed by atoms with Crippen LogP contribution >= 0.6 is 0 Å². The lowest BCUT2D eigenvalue weighted by Gasteiger charge is -2.31. The van der Waals surface area contributed by atoms with E-state index in [1.807, 2.05) is 0 Å². The molecule has 2 aromatic rings. The molecule has 4 fully saturated rings. The van der Waals surface area contributed by atoms with Gasteiger partial charge in [0.25, 0.3) is 17.8 Å². The van der Waals surface area contributed by atoms with Crippen molar-refractivity contribution in [3.05, 3.63) is 70.0 Å². The van der Waals surface area contributed by atoms with E-state index < -0.39 is 149 Å². The highest BCUT2D eigenvalue weighted by atomic mass is 19.3. The Bertz CT molecular complexity index is 2960. The second-order valence-electron chi connectivity index (χ2n) is 19.1. The van der Waals surface area contributed by atoms with Gasteiger partial charge in [-0.1, -0.05) is 59.3 Å². The van der Waals surface area contributed by atoms with Crippen molar-refractivity contribution < 1.29 is 88.3 Å². The molecule has 0 unspecified atom stereocenters. The number of aliphatic hydroxyl groups is 2. The monoisotopic (exact) mass is 1140 g/mol. The fourth-order valence-electron chi connectivity index (χ4n) is 9.40. The standard InChI is InChI=1S/C14H15F2NO3.C13H15F2N3O2.C13H15F2NO4.C11H11F2N3O4/c1-4-13(5-2)9(3)14(15,16)12(20-13)17-7-6-10(18)8-11(17)19;1-4-12(5-2)8(3)13(14,15)10(20-12)18-7-6-9(16)17-11(18)19;1-3-12(7-17)8(2)13(14,15)11(20-12)16-5-4-9(18)6-10(16)19;1-2-10(5-17)7(18)11(12,13)8(20-10)16-4-3-6(14)15-9(16)19/h1,6-7,9,12H,5,8H2,2-3H3;1,6-8,10H,5H2,2-3H3,(H2,16,17,19);4-5,7-8,11H,3,6H2,1-2H3;1,3-4,7-8,17-18H,5H2,(H2,14,15,19)/t9-,12-,13-;8-,10-,12-;8-,11-,12+;7-,8-,10-/m1111/s1. The first-order valence-electron chi connectivity index (χ1n) is 24.3. The third-order valence-corrected chi connectivity index (χ3v) is 14.8. The number of aliphatic hydroxyl groups excluding tert-OH is 2. The number of nitrogens with zero attached hydrogens (tertiary/aromatic N) is 6. The average Bonchev–Trinajstić information content (AvgIpc) is 3.92. The SMILES string of the molecule is C#C[C@]1(CC)O[C@@H](N2C=CC(=O)CC2=O)C(F)(F)[C@@H]1C.C#C[C@]1(CC)O[C@@H](n2ccc(N)nc2=O)C(F)(F)[C@@H]1C.C#C[C@]1(CO)O[C@@H](n2ccc(N)nc2=O)C(F)(F)[C@@H]1O.CC[C@@]1(C=O)O[C@@H](N2C=CC(=O)CC2=O)C(F)(F)[C@@H]1C. The molecule has 6 aliphatic heterocycles. The molecule has 80 heavy (non-hydrogen) atoms. The summed E-state index contributed by atoms with van der Waals surface area (Å²) < 4.78 is 136. The number of amides is 2. The minimum atomic E-state index is -3.89. The Morgan fingerprint density at radius 2 is 0.975 bits per heavy atom. The van der Waals surface area contributed by atoms with Crippen LogP contribution in [0.4, 0.5) is 46.8 Å². The molecule has 0 aromatic carbocycles. The van der Waals surface area contributed by atoms with E-state index in [-0.39, 0.29) is 30.9 Å². The van der Waals surface area contributed by atoms with Crippen molar-refractivity contribution in [2.45, 2.75) is 151 Å². The molecule has 6 aliphatic rings. The van der Waals surface area contributed by atoms with Gasteiger partial charge in [-0.3, -0.25) is 38.1 Å². The van der Waals surface area contributed by atoms with Crippen LogP contribution in [0.25, 0.3) is 0 Å². The lowest BCUT2D eigenvalue weighted by molar-refractivity contribution is -0.174. The molecule has 0 bridgehead atoms. The molecule has 0 spiro atoms. The van der Waals surface area contributed by atoms with E-state index in [0.29, 0.717) is 15.8 Å². The van der Waals surface area contributed by atoms with Crippen LogP contribution in [0, 0.1) is 54.8 Å². The minimum Gasteiger partial charge on any atom is -0.392 e. The van der Waals surface area contributed by atoms with Gasteiger partial charge in [0.05, 0.1) is 37.2 Å². The zero-order chi connectivity index (χ0) is 60.5. The summed E-state index contributed by atoms with van der Waals surface area (Å²) in [6.45, 7) is 7.71. The van der Waals surface area contributed by atoms with E-state index in [9.17, 15) is 73.8 Å². The first-order chi connectivity index (χ1) is 37.1. The molecule has 0 radical (unpaired) electrons. The topological polar surface area (TPSA) is 291 Å². The molecule has 8 rings (SSSR count). The Hall–Kier alpha value is -7.33. The second kappa shape index (κ2) is 23.0. The van der Waals surface area contributed by atoms with Gasteiger partial charge in [-0.2, -0.15) is 18.7 Å². The highest BCUT2D eigenvalue weighted by molar-refractivity contribution is 6.07. The normalized spacial score (nSPS) is 34.2. The molecular formula is C51H56F8N8O13. The molecule has 4 saturated heterocycles. The van der Waals surface area contributed by atoms with E-state index in [1.54, 1.807) is 26.7 Å². The van der Waals surface area contributed by atoms with Crippen LogP contribution in [-0.2, 0) is 42.9 Å². The number of aromatic nitrogens is 4. The summed E-state index contributed by atoms with van der Waals surface area (Å²) in [5.74, 6) is -13.8. The van der Waals surface area contributed by atoms with Gasteiger partial charge in [0.15, 0.2) is 29.6 Å². The number of anilines is 2. The van der Waals surface area contributed by atoms with E-state index in [1.165, 1.54) is 26.8 Å². The zero-order valence-electron chi connectivity index (χ0n) is 43.5. The maximum atomic E-state index is 14.4. The Balaban J connectivity index is 0.000000196. The molecule has 2 amide bonds. The van der Waals surface area contributed by atoms with Crippen LogP contribution in [0.5, 0.6) is 0 Å². The number of aldehydes is 1. The van der Waals surface area contributed by atoms with E-state index in [4.69, 9.17) is 54.8 Å². The number of nitrogens with two attached hydrogens (primary N) is 2. The largest absolute Gasteiger partial charge is 0.392 e. The Labute approximate surface area is 451 Å². The Kier molecular flexibility index (Phi) is 18.3. The number of carbonyl (C=O) groups excluding carboxylic acids is 5. The molecule has 0 saturated carbocycles. The zero-order valence-corrected chi connectivity index (χ0v) is 43.5. The minimum absolute atomic E-state index is 0.0423. The lowest BCUT2D eigenvalue weighted by Crippen LogP contribution is -2.48. The van der Waals surface area contributed by atoms with Gasteiger partial charge in [0, 0.05) is 24.8 Å². The number of hydrogen-bond acceptors (Lipinski definition) is 17. The number of halogens is 8. The number of alkyl halides is 8. The fourth-order valence-corrected chi connectivity index (χ4v) is 9.40. The molecule has 0 aliphatic carbocycles. The van der Waals surface area contributed by atoms with Crippen LogP contribution in [0.15, 0.2) is 58.7 Å². The number of rotatable bonds is 9. The predicted octanol–water partition coefficient (Wildman–Crippen LogP) is 3.11. The highest BCUT2D eigenvalue weighted by Gasteiger charge is 2.69. The van der Waals surface area contributed by atoms with Gasteiger partial charge in [0.2, 0.25) is 36.7 Å². The summed E-state index contributed by atoms with van der Waals surface area (Å²) in [6.07, 6.45) is 11.9. The molecule has 12 atom stereocenters. The van der Waals surface area contributed by atoms with E-state index >= 15 is 0 Å². The summed E-state index contributed by atoms with van der Waals surface area (Å²) in [5.41, 5.74) is 1.87. The fraction of sp³-hybridized carbons (Fsp3) is 0.549. The molecule has 6 N–H and O–H groups in total. The van der Waals surface area contributed by atoms with E-state index in [2.05, 4.69) is 21.8 Å². The Morgan fingerprint density at radius 3 is 1.29 bits per heavy atom. The van der Waals surface area contributed by atoms with Crippen molar-refractivity contribution in [2.75, 3.05) is 18.1 Å². The molecule has 434 valence electrons. The summed E-state index contributed by atoms with van der Waals surface area (Å²) in [7, 11) is 0. The van der Waals surface area contributed by atoms with Crippen molar-refractivity contribution in [1.29, 1.82) is 0 Å². The number of carbonyl (C=O) groups is 5. The number of nitrogen functional groups attached to an aromatic ring is 2. The molecule has 21 nitrogen and oxygen atoms in total. The van der Waals surface area contributed by atoms with Crippen molar-refractivity contribution in [3.63, 3.8) is 0 Å². The first kappa shape index (κ1) is 63.5. The van der Waals surface area contributed by atoms with Crippen molar-refractivity contribution in [1.82, 2.24) is 28.9 Å². The number of hydrogen-bond donors (Lipinski definition) is 4. The van der Waals surface area contributed by atoms with Crippen LogP contribution < -0.4 is 22.8 Å². The molecule has 8 heterocycles. The van der Waals surface area contributed by atoms with Crippen LogP contribution in [0.1, 0.15) is 86.1 Å². The van der Waals surface area contributed by atoms with Gasteiger partial charge in [-0.05, 0) is 43.5 Å². The van der Waals surface area contributed by atoms with Gasteiger partial charge in [0.1, 0.15) is 28.4 Å². The quantitative estimate of drug-likeness (QED) is 0.121. The average molecular weight is 1140 g/mol. The lowest BCUT2D eigenvalue weighted by atomic mass is 9.85. The second-order valence-corrected chi connectivity index (χ2v) is 19.1. The number of ketones is 2. The number of allylic oxidation sites excluding steroid dienone is 2. The van der Waals surface area contributed by atoms with E-state index in [0.717, 1.165) is 52.5 Å². The summed E-state index contributed by atoms with van der Waals surface area (Å²) in [5, 5.41) is 18.7. The van der Waals surface area contributed by atoms with Gasteiger partial charge in [-0.15, -0.1) is 19.3 Å². The van der Waals surface area contributed by atoms with Crippen LogP contribution in [0.2, 0.25) is 0 Å². The van der Waals surface area contributed by atoms with Crippen molar-refractivity contribution >= 4 is 41.3 Å². The molecule has 29 heteroatoms. The third kappa shape index (κ3) is 11.0. The number of ether oxygens (including phenoxy) is 4. The van der Waals surface area contributed by atoms with Crippen LogP contribution in [-0.4, -0.2) is 140 Å². The third-order valence-electron chi connectivity index (χ3n) is 14.8. The Morgan fingerprint density at radius 1 is 0.613 bits per heavy atom. The van der Waals surface area contributed by atoms with Crippen LogP contribution in [0.3, 0.4) is 0 Å². The van der Waals surface area contributed by atoms with Crippen molar-refractivity contribution in [3.8, 4) is 37.0 Å². The molecular weight excluding hydrogens is 1080 g/mol. The maximum absolute atomic E-state index is 14.4. The summed E-state index contributed by atoms with van der Waals surface area (Å²) in [4.78, 5) is 88.3. The van der Waals surface area contributed by atoms with Gasteiger partial charge >= 0.3 is 17.3 Å². The number of terminal acetylenes is 3. The maximum Gasteiger partial charge on any atom is 0.351 e. The smallest absolute Gasteiger partial charge is 0.351 e. The first-order valence-corrected chi connectivity index (χ1v) is 24.3. The summed E-state index contributed by atoms with van der Waals surface area (Å²) in [6, 6.07) is 2.37. The highest BCUT2D eigenvalue weighted by Crippen LogP contribution is 2.54. The van der Waals surface area contributed by atoms with Crippen molar-refractivity contribution in [2.24, 2.45) is 17.8 Å². The van der Waals surface area contributed by atoms with Gasteiger partial charge < -0.3 is 45.4 Å². The predicted molar refractivity (Wildman–Crippen MR) is 262 cm³/mol. The van der Waals surface area contributed by atoms with Gasteiger partial charge in [-0.25, -0.2) is 35.9 Å².